The largest absolute Gasteiger partial charge is 0.381 e. The van der Waals surface area contributed by atoms with Crippen LogP contribution in [0.15, 0.2) is 53.5 Å². The van der Waals surface area contributed by atoms with Gasteiger partial charge in [-0.3, -0.25) is 9.20 Å². The highest BCUT2D eigenvalue weighted by Gasteiger charge is 2.16. The Morgan fingerprint density at radius 1 is 1.21 bits per heavy atom. The van der Waals surface area contributed by atoms with E-state index in [1.165, 1.54) is 0 Å². The number of nitrogens with one attached hydrogen (secondary N) is 2. The van der Waals surface area contributed by atoms with Gasteiger partial charge >= 0.3 is 0 Å². The van der Waals surface area contributed by atoms with Gasteiger partial charge in [-0.05, 0) is 61.6 Å². The van der Waals surface area contributed by atoms with E-state index >= 15 is 0 Å². The number of fused-ring (bicyclic) bond motifs is 1. The standard InChI is InChI=1S/C23H28N4O/c1-16(2)6-11-20-22(23(28)27-14-4-3-5-21(27)26-20)17-7-9-18(10-8-17)25-19-12-13-24-15-19/h3-5,7-10,14,16,19,24-25H,6,11-13,15H2,1-2H3. The summed E-state index contributed by atoms with van der Waals surface area (Å²) in [5.74, 6) is 0.565. The van der Waals surface area contributed by atoms with Crippen LogP contribution >= 0.6 is 0 Å². The van der Waals surface area contributed by atoms with Crippen LogP contribution < -0.4 is 16.2 Å². The third-order valence-electron chi connectivity index (χ3n) is 5.37. The van der Waals surface area contributed by atoms with Gasteiger partial charge in [-0.15, -0.1) is 0 Å². The minimum atomic E-state index is 0.00468. The third kappa shape index (κ3) is 3.94. The number of hydrogen-bond donors (Lipinski definition) is 2. The quantitative estimate of drug-likeness (QED) is 0.688. The number of rotatable bonds is 6. The molecule has 0 amide bonds. The Morgan fingerprint density at radius 3 is 2.75 bits per heavy atom. The monoisotopic (exact) mass is 376 g/mol. The van der Waals surface area contributed by atoms with E-state index < -0.39 is 0 Å². The van der Waals surface area contributed by atoms with Crippen molar-refractivity contribution in [1.82, 2.24) is 14.7 Å². The molecule has 1 fully saturated rings. The average molecular weight is 377 g/mol. The van der Waals surface area contributed by atoms with Crippen LogP contribution in [-0.4, -0.2) is 28.5 Å². The van der Waals surface area contributed by atoms with E-state index in [4.69, 9.17) is 4.98 Å². The number of aromatic nitrogens is 2. The van der Waals surface area contributed by atoms with E-state index in [9.17, 15) is 4.79 Å². The van der Waals surface area contributed by atoms with Gasteiger partial charge in [0, 0.05) is 24.5 Å². The van der Waals surface area contributed by atoms with Crippen LogP contribution in [0.1, 0.15) is 32.4 Å². The van der Waals surface area contributed by atoms with Crippen LogP contribution in [0, 0.1) is 5.92 Å². The Balaban J connectivity index is 1.72. The lowest BCUT2D eigenvalue weighted by Gasteiger charge is -2.15. The van der Waals surface area contributed by atoms with Gasteiger partial charge in [-0.1, -0.05) is 32.0 Å². The molecule has 1 aliphatic heterocycles. The van der Waals surface area contributed by atoms with Crippen molar-refractivity contribution in [2.45, 2.75) is 39.2 Å². The Kier molecular flexibility index (Phi) is 5.44. The maximum atomic E-state index is 13.3. The van der Waals surface area contributed by atoms with Gasteiger partial charge in [-0.25, -0.2) is 4.98 Å². The molecule has 1 aromatic carbocycles. The lowest BCUT2D eigenvalue weighted by Crippen LogP contribution is -2.22. The van der Waals surface area contributed by atoms with E-state index in [2.05, 4.69) is 36.6 Å². The number of hydrogen-bond acceptors (Lipinski definition) is 4. The summed E-state index contributed by atoms with van der Waals surface area (Å²) in [5.41, 5.74) is 4.36. The Bertz CT molecular complexity index is 1000. The fourth-order valence-corrected chi connectivity index (χ4v) is 3.78. The molecule has 1 saturated heterocycles. The van der Waals surface area contributed by atoms with Gasteiger partial charge in [0.15, 0.2) is 0 Å². The van der Waals surface area contributed by atoms with Crippen LogP contribution in [0.5, 0.6) is 0 Å². The first-order valence-electron chi connectivity index (χ1n) is 10.2. The lowest BCUT2D eigenvalue weighted by atomic mass is 9.99. The second-order valence-corrected chi connectivity index (χ2v) is 8.01. The smallest absolute Gasteiger partial charge is 0.265 e. The molecular formula is C23H28N4O. The zero-order chi connectivity index (χ0) is 19.5. The third-order valence-corrected chi connectivity index (χ3v) is 5.37. The summed E-state index contributed by atoms with van der Waals surface area (Å²) in [6.07, 6.45) is 4.75. The highest BCUT2D eigenvalue weighted by molar-refractivity contribution is 5.69. The van der Waals surface area contributed by atoms with E-state index in [1.807, 2.05) is 30.3 Å². The highest BCUT2D eigenvalue weighted by atomic mass is 16.1. The fraction of sp³-hybridized carbons (Fsp3) is 0.391. The van der Waals surface area contributed by atoms with Crippen LogP contribution in [-0.2, 0) is 6.42 Å². The number of aryl methyl sites for hydroxylation is 1. The Morgan fingerprint density at radius 2 is 2.04 bits per heavy atom. The molecule has 0 radical (unpaired) electrons. The molecule has 1 atom stereocenters. The number of pyridine rings is 1. The predicted molar refractivity (Wildman–Crippen MR) is 115 cm³/mol. The maximum Gasteiger partial charge on any atom is 0.265 e. The molecule has 0 bridgehead atoms. The molecule has 3 heterocycles. The van der Waals surface area contributed by atoms with Crippen molar-refractivity contribution >= 4 is 11.3 Å². The summed E-state index contributed by atoms with van der Waals surface area (Å²) >= 11 is 0. The van der Waals surface area contributed by atoms with E-state index in [0.29, 0.717) is 17.6 Å². The van der Waals surface area contributed by atoms with Crippen LogP contribution in [0.25, 0.3) is 16.8 Å². The zero-order valence-electron chi connectivity index (χ0n) is 16.6. The molecule has 5 nitrogen and oxygen atoms in total. The number of benzene rings is 1. The molecule has 2 N–H and O–H groups in total. The van der Waals surface area contributed by atoms with Crippen molar-refractivity contribution < 1.29 is 0 Å². The van der Waals surface area contributed by atoms with Crippen LogP contribution in [0.2, 0.25) is 0 Å². The summed E-state index contributed by atoms with van der Waals surface area (Å²) < 4.78 is 1.64. The highest BCUT2D eigenvalue weighted by Crippen LogP contribution is 2.24. The first-order valence-corrected chi connectivity index (χ1v) is 10.2. The molecule has 2 aromatic heterocycles. The van der Waals surface area contributed by atoms with Crippen molar-refractivity contribution in [2.24, 2.45) is 5.92 Å². The molecule has 3 aromatic rings. The van der Waals surface area contributed by atoms with Crippen molar-refractivity contribution in [2.75, 3.05) is 18.4 Å². The van der Waals surface area contributed by atoms with Gasteiger partial charge in [0.1, 0.15) is 5.65 Å². The van der Waals surface area contributed by atoms with Gasteiger partial charge in [0.2, 0.25) is 0 Å². The van der Waals surface area contributed by atoms with Crippen molar-refractivity contribution in [3.63, 3.8) is 0 Å². The van der Waals surface area contributed by atoms with E-state index in [1.54, 1.807) is 10.6 Å². The molecule has 1 unspecified atom stereocenters. The Labute approximate surface area is 165 Å². The first-order chi connectivity index (χ1) is 13.6. The normalized spacial score (nSPS) is 16.8. The molecule has 0 saturated carbocycles. The zero-order valence-corrected chi connectivity index (χ0v) is 16.6. The summed E-state index contributed by atoms with van der Waals surface area (Å²) in [5, 5.41) is 6.93. The summed E-state index contributed by atoms with van der Waals surface area (Å²) in [6.45, 7) is 6.46. The van der Waals surface area contributed by atoms with Gasteiger partial charge in [-0.2, -0.15) is 0 Å². The predicted octanol–water partition coefficient (Wildman–Crippen LogP) is 3.72. The number of nitrogens with zero attached hydrogens (tertiary/aromatic N) is 2. The molecule has 146 valence electrons. The Hall–Kier alpha value is -2.66. The second-order valence-electron chi connectivity index (χ2n) is 8.01. The van der Waals surface area contributed by atoms with Gasteiger partial charge in [0.25, 0.3) is 5.56 Å². The molecule has 0 spiro atoms. The summed E-state index contributed by atoms with van der Waals surface area (Å²) in [7, 11) is 0. The van der Waals surface area contributed by atoms with Crippen molar-refractivity contribution in [3.05, 3.63) is 64.7 Å². The topological polar surface area (TPSA) is 58.4 Å². The number of anilines is 1. The first kappa shape index (κ1) is 18.7. The van der Waals surface area contributed by atoms with Crippen LogP contribution in [0.4, 0.5) is 5.69 Å². The minimum absolute atomic E-state index is 0.00468. The molecule has 5 heteroatoms. The second kappa shape index (κ2) is 8.15. The van der Waals surface area contributed by atoms with Crippen LogP contribution in [0.3, 0.4) is 0 Å². The fourth-order valence-electron chi connectivity index (χ4n) is 3.78. The molecular weight excluding hydrogens is 348 g/mol. The van der Waals surface area contributed by atoms with Gasteiger partial charge < -0.3 is 10.6 Å². The summed E-state index contributed by atoms with van der Waals surface area (Å²) in [6, 6.07) is 14.4. The average Bonchev–Trinajstić information content (AvgIpc) is 3.20. The molecule has 1 aliphatic rings. The molecule has 4 rings (SSSR count). The SMILES string of the molecule is CC(C)CCc1nc2ccccn2c(=O)c1-c1ccc(NC2CCNC2)cc1. The van der Waals surface area contributed by atoms with Crippen molar-refractivity contribution in [1.29, 1.82) is 0 Å². The lowest BCUT2D eigenvalue weighted by molar-refractivity contribution is 0.581. The molecule has 28 heavy (non-hydrogen) atoms. The van der Waals surface area contributed by atoms with Gasteiger partial charge in [0.05, 0.1) is 11.3 Å². The molecule has 0 aliphatic carbocycles. The minimum Gasteiger partial charge on any atom is -0.381 e. The van der Waals surface area contributed by atoms with E-state index in [0.717, 1.165) is 54.9 Å². The summed E-state index contributed by atoms with van der Waals surface area (Å²) in [4.78, 5) is 18.1. The van der Waals surface area contributed by atoms with Crippen molar-refractivity contribution in [3.8, 4) is 11.1 Å². The van der Waals surface area contributed by atoms with E-state index in [-0.39, 0.29) is 5.56 Å². The maximum absolute atomic E-state index is 13.3.